The van der Waals surface area contributed by atoms with Crippen LogP contribution in [0.4, 0.5) is 5.13 Å². The van der Waals surface area contributed by atoms with Crippen LogP contribution >= 0.6 is 11.3 Å². The molecule has 128 valence electrons. The maximum absolute atomic E-state index is 12.4. The number of unbranched alkanes of at least 4 members (excludes halogenated alkanes) is 1. The number of aromatic nitrogens is 4. The van der Waals surface area contributed by atoms with Crippen LogP contribution in [0, 0.1) is 0 Å². The van der Waals surface area contributed by atoms with Crippen LogP contribution in [0.3, 0.4) is 0 Å². The van der Waals surface area contributed by atoms with Gasteiger partial charge in [0.2, 0.25) is 5.13 Å². The number of nitrogens with one attached hydrogen (secondary N) is 1. The molecule has 7 nitrogen and oxygen atoms in total. The van der Waals surface area contributed by atoms with Crippen LogP contribution in [-0.4, -0.2) is 25.9 Å². The van der Waals surface area contributed by atoms with Gasteiger partial charge in [0.15, 0.2) is 0 Å². The van der Waals surface area contributed by atoms with Gasteiger partial charge in [-0.05, 0) is 38.2 Å². The lowest BCUT2D eigenvalue weighted by atomic mass is 10.2. The van der Waals surface area contributed by atoms with Crippen LogP contribution in [0.1, 0.15) is 55.4 Å². The molecule has 3 rings (SSSR count). The zero-order valence-corrected chi connectivity index (χ0v) is 14.7. The summed E-state index contributed by atoms with van der Waals surface area (Å²) < 4.78 is 1.26. The molecule has 1 N–H and O–H groups in total. The highest BCUT2D eigenvalue weighted by atomic mass is 32.1. The van der Waals surface area contributed by atoms with Gasteiger partial charge in [0.1, 0.15) is 11.0 Å². The topological polar surface area (TPSA) is 89.8 Å². The molecule has 0 saturated heterocycles. The number of hydrogen-bond acceptors (Lipinski definition) is 6. The third-order valence-electron chi connectivity index (χ3n) is 4.17. The Morgan fingerprint density at radius 3 is 3.04 bits per heavy atom. The molecule has 0 aromatic carbocycles. The molecule has 0 radical (unpaired) electrons. The minimum Gasteiger partial charge on any atom is -0.299 e. The lowest BCUT2D eigenvalue weighted by molar-refractivity contribution is -0.119. The predicted molar refractivity (Wildman–Crippen MR) is 92.4 cm³/mol. The Kier molecular flexibility index (Phi) is 5.03. The quantitative estimate of drug-likeness (QED) is 0.864. The highest BCUT2D eigenvalue weighted by Gasteiger charge is 2.22. The number of amides is 1. The summed E-state index contributed by atoms with van der Waals surface area (Å²) in [6.45, 7) is 3.79. The summed E-state index contributed by atoms with van der Waals surface area (Å²) in [6.07, 6.45) is 5.77. The number of carbonyl (C=O) groups excluding carboxylic acids is 1. The summed E-state index contributed by atoms with van der Waals surface area (Å²) in [5, 5.41) is 16.6. The molecule has 2 aromatic heterocycles. The molecule has 0 fully saturated rings. The van der Waals surface area contributed by atoms with Gasteiger partial charge in [0.25, 0.3) is 11.5 Å². The first-order valence-electron chi connectivity index (χ1n) is 8.33. The fourth-order valence-electron chi connectivity index (χ4n) is 2.75. The number of fused-ring (bicyclic) bond motifs is 1. The van der Waals surface area contributed by atoms with Gasteiger partial charge in [-0.15, -0.1) is 10.2 Å². The molecule has 0 bridgehead atoms. The first-order valence-corrected chi connectivity index (χ1v) is 9.15. The fraction of sp³-hybridized carbons (Fsp3) is 0.562. The maximum Gasteiger partial charge on any atom is 0.267 e. The van der Waals surface area contributed by atoms with E-state index in [1.165, 1.54) is 16.0 Å². The molecule has 24 heavy (non-hydrogen) atoms. The minimum absolute atomic E-state index is 0.237. The highest BCUT2D eigenvalue weighted by molar-refractivity contribution is 7.15. The molecule has 2 aromatic rings. The molecule has 2 heterocycles. The summed E-state index contributed by atoms with van der Waals surface area (Å²) in [5.74, 6) is -0.305. The number of carbonyl (C=O) groups is 1. The van der Waals surface area contributed by atoms with Crippen LogP contribution in [0.25, 0.3) is 0 Å². The van der Waals surface area contributed by atoms with Gasteiger partial charge in [-0.3, -0.25) is 14.9 Å². The van der Waals surface area contributed by atoms with Crippen molar-refractivity contribution in [3.05, 3.63) is 32.7 Å². The average Bonchev–Trinajstić information content (AvgIpc) is 3.20. The van der Waals surface area contributed by atoms with Crippen LogP contribution in [0.5, 0.6) is 0 Å². The van der Waals surface area contributed by atoms with E-state index in [0.29, 0.717) is 5.13 Å². The summed E-state index contributed by atoms with van der Waals surface area (Å²) in [5.41, 5.74) is 1.69. The van der Waals surface area contributed by atoms with E-state index >= 15 is 0 Å². The van der Waals surface area contributed by atoms with E-state index in [-0.39, 0.29) is 11.5 Å². The molecule has 1 aliphatic rings. The average molecular weight is 347 g/mol. The molecule has 0 saturated carbocycles. The fourth-order valence-corrected chi connectivity index (χ4v) is 3.53. The van der Waals surface area contributed by atoms with E-state index in [1.807, 2.05) is 0 Å². The van der Waals surface area contributed by atoms with Gasteiger partial charge < -0.3 is 0 Å². The summed E-state index contributed by atoms with van der Waals surface area (Å²) in [6, 6.07) is 0.916. The van der Waals surface area contributed by atoms with Gasteiger partial charge in [0, 0.05) is 12.5 Å². The molecule has 1 amide bonds. The number of rotatable bonds is 6. The first kappa shape index (κ1) is 16.8. The lowest BCUT2D eigenvalue weighted by Crippen LogP contribution is -2.33. The van der Waals surface area contributed by atoms with E-state index in [0.717, 1.165) is 54.8 Å². The van der Waals surface area contributed by atoms with E-state index in [9.17, 15) is 9.59 Å². The maximum atomic E-state index is 12.4. The van der Waals surface area contributed by atoms with Crippen molar-refractivity contribution in [2.24, 2.45) is 0 Å². The Hall–Kier alpha value is -2.09. The van der Waals surface area contributed by atoms with Crippen LogP contribution in [0.2, 0.25) is 0 Å². The van der Waals surface area contributed by atoms with E-state index in [2.05, 4.69) is 27.5 Å². The molecule has 0 spiro atoms. The second-order valence-electron chi connectivity index (χ2n) is 6.02. The van der Waals surface area contributed by atoms with Crippen molar-refractivity contribution in [1.82, 2.24) is 20.0 Å². The second kappa shape index (κ2) is 7.21. The van der Waals surface area contributed by atoms with Crippen molar-refractivity contribution in [3.63, 3.8) is 0 Å². The van der Waals surface area contributed by atoms with Gasteiger partial charge in [-0.25, -0.2) is 4.68 Å². The third-order valence-corrected chi connectivity index (χ3v) is 5.07. The molecule has 0 aliphatic heterocycles. The zero-order chi connectivity index (χ0) is 17.1. The molecular formula is C16H21N5O2S. The Morgan fingerprint density at radius 1 is 1.42 bits per heavy atom. The Balaban J connectivity index is 1.71. The van der Waals surface area contributed by atoms with Gasteiger partial charge in [-0.2, -0.15) is 5.10 Å². The molecule has 1 aliphatic carbocycles. The monoisotopic (exact) mass is 347 g/mol. The SMILES string of the molecule is CCCCc1nnc(NC(=O)C(C)n2nc3c(cc2=O)CCC3)s1. The number of aryl methyl sites for hydroxylation is 3. The summed E-state index contributed by atoms with van der Waals surface area (Å²) >= 11 is 1.38. The van der Waals surface area contributed by atoms with Gasteiger partial charge >= 0.3 is 0 Å². The first-order chi connectivity index (χ1) is 11.6. The molecule has 8 heteroatoms. The third kappa shape index (κ3) is 3.53. The van der Waals surface area contributed by atoms with Gasteiger partial charge in [0.05, 0.1) is 5.69 Å². The smallest absolute Gasteiger partial charge is 0.267 e. The predicted octanol–water partition coefficient (Wildman–Crippen LogP) is 2.13. The van der Waals surface area contributed by atoms with Crippen LogP contribution in [-0.2, 0) is 24.1 Å². The molecule has 1 atom stereocenters. The zero-order valence-electron chi connectivity index (χ0n) is 13.9. The van der Waals surface area contributed by atoms with Crippen LogP contribution < -0.4 is 10.9 Å². The minimum atomic E-state index is -0.689. The normalized spacial score (nSPS) is 14.4. The van der Waals surface area contributed by atoms with E-state index in [4.69, 9.17) is 0 Å². The van der Waals surface area contributed by atoms with Crippen molar-refractivity contribution < 1.29 is 4.79 Å². The van der Waals surface area contributed by atoms with Crippen molar-refractivity contribution in [2.75, 3.05) is 5.32 Å². The molecular weight excluding hydrogens is 326 g/mol. The lowest BCUT2D eigenvalue weighted by Gasteiger charge is -2.13. The summed E-state index contributed by atoms with van der Waals surface area (Å²) in [4.78, 5) is 24.6. The van der Waals surface area contributed by atoms with Gasteiger partial charge in [-0.1, -0.05) is 24.7 Å². The van der Waals surface area contributed by atoms with Crippen molar-refractivity contribution in [2.45, 2.75) is 58.4 Å². The van der Waals surface area contributed by atoms with E-state index < -0.39 is 6.04 Å². The molecule has 1 unspecified atom stereocenters. The number of hydrogen-bond donors (Lipinski definition) is 1. The van der Waals surface area contributed by atoms with Crippen molar-refractivity contribution in [1.29, 1.82) is 0 Å². The highest BCUT2D eigenvalue weighted by Crippen LogP contribution is 2.20. The van der Waals surface area contributed by atoms with Crippen LogP contribution in [0.15, 0.2) is 10.9 Å². The second-order valence-corrected chi connectivity index (χ2v) is 7.08. The summed E-state index contributed by atoms with van der Waals surface area (Å²) in [7, 11) is 0. The Morgan fingerprint density at radius 2 is 2.25 bits per heavy atom. The largest absolute Gasteiger partial charge is 0.299 e. The van der Waals surface area contributed by atoms with E-state index in [1.54, 1.807) is 13.0 Å². The number of anilines is 1. The Labute approximate surface area is 144 Å². The standard InChI is InChI=1S/C16H21N5O2S/c1-3-4-8-13-18-19-16(24-13)17-15(23)10(2)21-14(22)9-11-6-5-7-12(11)20-21/h9-10H,3-8H2,1-2H3,(H,17,19,23). The number of nitrogens with zero attached hydrogens (tertiary/aromatic N) is 4. The Bertz CT molecular complexity index is 798. The van der Waals surface area contributed by atoms with Crippen molar-refractivity contribution in [3.8, 4) is 0 Å². The van der Waals surface area contributed by atoms with Crippen molar-refractivity contribution >= 4 is 22.4 Å².